The second kappa shape index (κ2) is 6.12. The fourth-order valence-corrected chi connectivity index (χ4v) is 3.61. The zero-order valence-electron chi connectivity index (χ0n) is 10.1. The summed E-state index contributed by atoms with van der Waals surface area (Å²) >= 11 is 4.93. The molecule has 0 amide bonds. The van der Waals surface area contributed by atoms with Crippen LogP contribution in [0.4, 0.5) is 0 Å². The number of carbonyl (C=O) groups is 1. The lowest BCUT2D eigenvalue weighted by atomic mass is 9.94. The standard InChI is InChI=1S/C13H18BrNOS/c1-2-10-5-7-15(8-6-10)9-11(16)12-3-4-13(14)17-12/h3-4,10H,2,5-9H2,1H3. The molecule has 2 rings (SSSR count). The van der Waals surface area contributed by atoms with E-state index in [0.29, 0.717) is 6.54 Å². The minimum absolute atomic E-state index is 0.260. The average Bonchev–Trinajstić information content (AvgIpc) is 2.77. The molecule has 0 spiro atoms. The molecule has 0 saturated carbocycles. The van der Waals surface area contributed by atoms with Crippen LogP contribution in [0.25, 0.3) is 0 Å². The Kier molecular flexibility index (Phi) is 4.77. The maximum atomic E-state index is 12.0. The summed E-state index contributed by atoms with van der Waals surface area (Å²) in [6.45, 7) is 5.01. The van der Waals surface area contributed by atoms with Crippen molar-refractivity contribution in [3.8, 4) is 0 Å². The lowest BCUT2D eigenvalue weighted by molar-refractivity contribution is 0.0898. The maximum absolute atomic E-state index is 12.0. The van der Waals surface area contributed by atoms with E-state index in [1.807, 2.05) is 12.1 Å². The molecule has 1 aromatic rings. The highest BCUT2D eigenvalue weighted by Crippen LogP contribution is 2.24. The Labute approximate surface area is 115 Å². The molecule has 0 aliphatic carbocycles. The van der Waals surface area contributed by atoms with E-state index in [1.165, 1.54) is 30.6 Å². The number of likely N-dealkylation sites (tertiary alicyclic amines) is 1. The molecular weight excluding hydrogens is 298 g/mol. The highest BCUT2D eigenvalue weighted by molar-refractivity contribution is 9.11. The number of nitrogens with zero attached hydrogens (tertiary/aromatic N) is 1. The van der Waals surface area contributed by atoms with Gasteiger partial charge in [-0.15, -0.1) is 11.3 Å². The van der Waals surface area contributed by atoms with Gasteiger partial charge in [0.2, 0.25) is 0 Å². The molecule has 17 heavy (non-hydrogen) atoms. The number of hydrogen-bond acceptors (Lipinski definition) is 3. The van der Waals surface area contributed by atoms with Crippen molar-refractivity contribution in [2.24, 2.45) is 5.92 Å². The number of carbonyl (C=O) groups excluding carboxylic acids is 1. The summed E-state index contributed by atoms with van der Waals surface area (Å²) in [5.41, 5.74) is 0. The normalized spacial score (nSPS) is 18.5. The highest BCUT2D eigenvalue weighted by Gasteiger charge is 2.20. The Morgan fingerprint density at radius 3 is 2.71 bits per heavy atom. The largest absolute Gasteiger partial charge is 0.296 e. The van der Waals surface area contributed by atoms with Gasteiger partial charge in [-0.2, -0.15) is 0 Å². The van der Waals surface area contributed by atoms with Crippen molar-refractivity contribution in [3.05, 3.63) is 20.8 Å². The molecule has 1 saturated heterocycles. The first-order valence-corrected chi connectivity index (χ1v) is 7.81. The summed E-state index contributed by atoms with van der Waals surface area (Å²) in [5, 5.41) is 0. The minimum atomic E-state index is 0.260. The maximum Gasteiger partial charge on any atom is 0.186 e. The zero-order valence-corrected chi connectivity index (χ0v) is 12.5. The van der Waals surface area contributed by atoms with E-state index < -0.39 is 0 Å². The van der Waals surface area contributed by atoms with Crippen LogP contribution in [0.3, 0.4) is 0 Å². The number of rotatable bonds is 4. The zero-order chi connectivity index (χ0) is 12.3. The van der Waals surface area contributed by atoms with Crippen LogP contribution in [0, 0.1) is 5.92 Å². The van der Waals surface area contributed by atoms with E-state index >= 15 is 0 Å². The van der Waals surface area contributed by atoms with Gasteiger partial charge in [-0.25, -0.2) is 0 Å². The molecule has 2 nitrogen and oxygen atoms in total. The fraction of sp³-hybridized carbons (Fsp3) is 0.615. The van der Waals surface area contributed by atoms with Crippen LogP contribution in [-0.2, 0) is 0 Å². The number of Topliss-reactive ketones (excluding diaryl/α,β-unsaturated/α-hetero) is 1. The van der Waals surface area contributed by atoms with Crippen molar-refractivity contribution in [1.82, 2.24) is 4.90 Å². The molecule has 1 aromatic heterocycles. The predicted molar refractivity (Wildman–Crippen MR) is 75.8 cm³/mol. The number of hydrogen-bond donors (Lipinski definition) is 0. The minimum Gasteiger partial charge on any atom is -0.296 e. The summed E-state index contributed by atoms with van der Waals surface area (Å²) in [6.07, 6.45) is 3.77. The molecule has 0 unspecified atom stereocenters. The van der Waals surface area contributed by atoms with E-state index in [2.05, 4.69) is 27.8 Å². The third-order valence-electron chi connectivity index (χ3n) is 3.50. The van der Waals surface area contributed by atoms with Gasteiger partial charge < -0.3 is 0 Å². The lowest BCUT2D eigenvalue weighted by Crippen LogP contribution is -2.37. The SMILES string of the molecule is CCC1CCN(CC(=O)c2ccc(Br)s2)CC1. The quantitative estimate of drug-likeness (QED) is 0.787. The third-order valence-corrected chi connectivity index (χ3v) is 5.16. The van der Waals surface area contributed by atoms with Gasteiger partial charge in [-0.1, -0.05) is 13.3 Å². The Hall–Kier alpha value is -0.190. The summed E-state index contributed by atoms with van der Waals surface area (Å²) in [7, 11) is 0. The molecular formula is C13H18BrNOS. The lowest BCUT2D eigenvalue weighted by Gasteiger charge is -2.30. The molecule has 2 heterocycles. The molecule has 0 N–H and O–H groups in total. The van der Waals surface area contributed by atoms with Gasteiger partial charge >= 0.3 is 0 Å². The van der Waals surface area contributed by atoms with Crippen molar-refractivity contribution in [1.29, 1.82) is 0 Å². The van der Waals surface area contributed by atoms with Gasteiger partial charge in [0.25, 0.3) is 0 Å². The van der Waals surface area contributed by atoms with Gasteiger partial charge in [0.1, 0.15) is 0 Å². The second-order valence-electron chi connectivity index (χ2n) is 4.65. The molecule has 0 radical (unpaired) electrons. The van der Waals surface area contributed by atoms with Gasteiger partial charge in [0.15, 0.2) is 5.78 Å². The smallest absolute Gasteiger partial charge is 0.186 e. The van der Waals surface area contributed by atoms with E-state index in [-0.39, 0.29) is 5.78 Å². The number of halogens is 1. The molecule has 1 aliphatic rings. The molecule has 0 atom stereocenters. The Balaban J connectivity index is 1.84. The van der Waals surface area contributed by atoms with E-state index in [1.54, 1.807) is 0 Å². The van der Waals surface area contributed by atoms with Crippen LogP contribution in [0.15, 0.2) is 15.9 Å². The third kappa shape index (κ3) is 3.63. The van der Waals surface area contributed by atoms with Gasteiger partial charge in [0, 0.05) is 0 Å². The predicted octanol–water partition coefficient (Wildman–Crippen LogP) is 3.82. The van der Waals surface area contributed by atoms with Gasteiger partial charge in [0.05, 0.1) is 15.2 Å². The van der Waals surface area contributed by atoms with Crippen molar-refractivity contribution in [2.45, 2.75) is 26.2 Å². The number of ketones is 1. The first-order valence-electron chi connectivity index (χ1n) is 6.20. The average molecular weight is 316 g/mol. The molecule has 0 aromatic carbocycles. The summed E-state index contributed by atoms with van der Waals surface area (Å²) < 4.78 is 1.03. The first-order chi connectivity index (χ1) is 8.19. The second-order valence-corrected chi connectivity index (χ2v) is 7.12. The first kappa shape index (κ1) is 13.2. The van der Waals surface area contributed by atoms with Crippen LogP contribution < -0.4 is 0 Å². The fourth-order valence-electron chi connectivity index (χ4n) is 2.30. The van der Waals surface area contributed by atoms with Crippen LogP contribution in [-0.4, -0.2) is 30.3 Å². The summed E-state index contributed by atoms with van der Waals surface area (Å²) in [4.78, 5) is 15.2. The van der Waals surface area contributed by atoms with Gasteiger partial charge in [-0.3, -0.25) is 9.69 Å². The van der Waals surface area contributed by atoms with Crippen molar-refractivity contribution in [2.75, 3.05) is 19.6 Å². The Morgan fingerprint density at radius 1 is 1.47 bits per heavy atom. The molecule has 4 heteroatoms. The van der Waals surface area contributed by atoms with Crippen LogP contribution in [0.5, 0.6) is 0 Å². The number of thiophene rings is 1. The van der Waals surface area contributed by atoms with E-state index in [0.717, 1.165) is 27.7 Å². The molecule has 0 bridgehead atoms. The number of piperidine rings is 1. The van der Waals surface area contributed by atoms with Crippen molar-refractivity contribution in [3.63, 3.8) is 0 Å². The summed E-state index contributed by atoms with van der Waals surface area (Å²) in [5.74, 6) is 1.13. The highest BCUT2D eigenvalue weighted by atomic mass is 79.9. The molecule has 1 aliphatic heterocycles. The monoisotopic (exact) mass is 315 g/mol. The molecule has 94 valence electrons. The van der Waals surface area contributed by atoms with Crippen LogP contribution in [0.2, 0.25) is 0 Å². The van der Waals surface area contributed by atoms with Crippen LogP contribution in [0.1, 0.15) is 35.9 Å². The van der Waals surface area contributed by atoms with E-state index in [4.69, 9.17) is 0 Å². The van der Waals surface area contributed by atoms with Gasteiger partial charge in [-0.05, 0) is 59.9 Å². The van der Waals surface area contributed by atoms with Crippen molar-refractivity contribution >= 4 is 33.0 Å². The van der Waals surface area contributed by atoms with E-state index in [9.17, 15) is 4.79 Å². The topological polar surface area (TPSA) is 20.3 Å². The summed E-state index contributed by atoms with van der Waals surface area (Å²) in [6, 6.07) is 3.86. The Bertz CT molecular complexity index is 383. The van der Waals surface area contributed by atoms with Crippen LogP contribution >= 0.6 is 27.3 Å². The Morgan fingerprint density at radius 2 is 2.18 bits per heavy atom. The van der Waals surface area contributed by atoms with Crippen molar-refractivity contribution < 1.29 is 4.79 Å². The molecule has 1 fully saturated rings.